The minimum atomic E-state index is -0.103. The number of Topliss-reactive ketones (excluding diaryl/α,β-unsaturated/α-hetero) is 1. The average Bonchev–Trinajstić information content (AvgIpc) is 3.50. The van der Waals surface area contributed by atoms with Crippen LogP contribution in [0, 0.1) is 18.8 Å². The number of carbonyl (C=O) groups excluding carboxylic acids is 2. The monoisotopic (exact) mass is 577 g/mol. The number of nitrogens with zero attached hydrogens (tertiary/aromatic N) is 3. The van der Waals surface area contributed by atoms with Gasteiger partial charge in [0, 0.05) is 55.4 Å². The largest absolute Gasteiger partial charge is 0.497 e. The highest BCUT2D eigenvalue weighted by atomic mass is 32.1. The highest BCUT2D eigenvalue weighted by Crippen LogP contribution is 2.41. The van der Waals surface area contributed by atoms with Gasteiger partial charge in [0.05, 0.1) is 24.8 Å². The molecule has 220 valence electrons. The molecule has 3 unspecified atom stereocenters. The van der Waals surface area contributed by atoms with Gasteiger partial charge >= 0.3 is 0 Å². The maximum Gasteiger partial charge on any atom is 0.222 e. The van der Waals surface area contributed by atoms with Crippen molar-refractivity contribution in [2.24, 2.45) is 18.9 Å². The van der Waals surface area contributed by atoms with Gasteiger partial charge in [-0.1, -0.05) is 18.6 Å². The van der Waals surface area contributed by atoms with Crippen molar-refractivity contribution in [1.29, 1.82) is 0 Å². The van der Waals surface area contributed by atoms with Crippen LogP contribution in [0.4, 0.5) is 0 Å². The van der Waals surface area contributed by atoms with Crippen LogP contribution in [0.2, 0.25) is 0 Å². The van der Waals surface area contributed by atoms with E-state index in [1.807, 2.05) is 42.6 Å². The maximum absolute atomic E-state index is 13.8. The number of fused-ring (bicyclic) bond motifs is 4. The molecule has 1 amide bonds. The van der Waals surface area contributed by atoms with Gasteiger partial charge in [-0.15, -0.1) is 11.3 Å². The number of hydrogen-bond acceptors (Lipinski definition) is 6. The van der Waals surface area contributed by atoms with E-state index in [0.717, 1.165) is 64.4 Å². The predicted molar refractivity (Wildman–Crippen MR) is 164 cm³/mol. The lowest BCUT2D eigenvalue weighted by Crippen LogP contribution is -2.35. The van der Waals surface area contributed by atoms with Crippen LogP contribution >= 0.6 is 11.3 Å². The minimum Gasteiger partial charge on any atom is -0.497 e. The Morgan fingerprint density at radius 2 is 1.93 bits per heavy atom. The number of rotatable bonds is 5. The Morgan fingerprint density at radius 3 is 2.63 bits per heavy atom. The molecule has 2 aliphatic rings. The van der Waals surface area contributed by atoms with Crippen molar-refractivity contribution in [2.75, 3.05) is 27.3 Å². The van der Waals surface area contributed by atoms with Crippen molar-refractivity contribution in [3.05, 3.63) is 51.5 Å². The molecule has 5 rings (SSSR count). The van der Waals surface area contributed by atoms with E-state index in [9.17, 15) is 9.59 Å². The first kappa shape index (κ1) is 29.4. The van der Waals surface area contributed by atoms with Crippen LogP contribution < -0.4 is 9.47 Å². The summed E-state index contributed by atoms with van der Waals surface area (Å²) in [5.41, 5.74) is 4.73. The number of aromatic nitrogens is 2. The Bertz CT molecular complexity index is 1430. The van der Waals surface area contributed by atoms with Crippen LogP contribution in [-0.2, 0) is 18.3 Å². The maximum atomic E-state index is 13.8. The molecule has 2 bridgehead atoms. The van der Waals surface area contributed by atoms with Crippen LogP contribution in [0.15, 0.2) is 29.8 Å². The number of benzene rings is 1. The van der Waals surface area contributed by atoms with Crippen LogP contribution in [-0.4, -0.2) is 53.7 Å². The Hall–Kier alpha value is -3.13. The highest BCUT2D eigenvalue weighted by Gasteiger charge is 2.29. The lowest BCUT2D eigenvalue weighted by Gasteiger charge is -2.30. The number of hydrogen-bond donors (Lipinski definition) is 0. The zero-order valence-electron chi connectivity index (χ0n) is 25.3. The number of amides is 1. The molecule has 2 aromatic heterocycles. The Kier molecular flexibility index (Phi) is 8.88. The zero-order chi connectivity index (χ0) is 29.3. The van der Waals surface area contributed by atoms with E-state index >= 15 is 0 Å². The third-order valence-electron chi connectivity index (χ3n) is 8.96. The van der Waals surface area contributed by atoms with Gasteiger partial charge in [0.2, 0.25) is 5.91 Å². The molecule has 3 heterocycles. The molecular formula is C33H43N3O4S. The topological polar surface area (TPSA) is 73.7 Å². The molecule has 41 heavy (non-hydrogen) atoms. The third-order valence-corrected chi connectivity index (χ3v) is 10.2. The van der Waals surface area contributed by atoms with Crippen LogP contribution in [0.5, 0.6) is 11.5 Å². The number of ether oxygens (including phenoxy) is 2. The summed E-state index contributed by atoms with van der Waals surface area (Å²) in [6.07, 6.45) is 8.01. The zero-order valence-corrected chi connectivity index (χ0v) is 26.1. The SMILES string of the molecule is CCN1CCC(C(=O)c2cc3c(C)nn(C)c3s2)CCCC2=CC(C)c3c(cc(OC)cc3OC)CC(CC1=O)C2. The summed E-state index contributed by atoms with van der Waals surface area (Å²) in [5, 5.41) is 5.56. The molecule has 0 radical (unpaired) electrons. The van der Waals surface area contributed by atoms with E-state index in [4.69, 9.17) is 9.47 Å². The van der Waals surface area contributed by atoms with E-state index in [1.54, 1.807) is 14.2 Å². The number of carbonyl (C=O) groups is 2. The van der Waals surface area contributed by atoms with Crippen molar-refractivity contribution >= 4 is 33.2 Å². The quantitative estimate of drug-likeness (QED) is 0.245. The number of thiophene rings is 1. The van der Waals surface area contributed by atoms with Gasteiger partial charge in [0.1, 0.15) is 16.3 Å². The van der Waals surface area contributed by atoms with Crippen LogP contribution in [0.1, 0.15) is 84.8 Å². The van der Waals surface area contributed by atoms with Gasteiger partial charge < -0.3 is 14.4 Å². The summed E-state index contributed by atoms with van der Waals surface area (Å²) in [5.74, 6) is 2.30. The van der Waals surface area contributed by atoms with Gasteiger partial charge in [-0.2, -0.15) is 5.10 Å². The predicted octanol–water partition coefficient (Wildman–Crippen LogP) is 6.86. The molecule has 1 fully saturated rings. The highest BCUT2D eigenvalue weighted by molar-refractivity contribution is 7.20. The van der Waals surface area contributed by atoms with Gasteiger partial charge in [0.25, 0.3) is 0 Å². The summed E-state index contributed by atoms with van der Waals surface area (Å²) in [7, 11) is 5.33. The Morgan fingerprint density at radius 1 is 1.12 bits per heavy atom. The fourth-order valence-electron chi connectivity index (χ4n) is 6.87. The van der Waals surface area contributed by atoms with Crippen LogP contribution in [0.3, 0.4) is 0 Å². The summed E-state index contributed by atoms with van der Waals surface area (Å²) < 4.78 is 13.3. The second kappa shape index (κ2) is 12.4. The molecule has 7 nitrogen and oxygen atoms in total. The summed E-state index contributed by atoms with van der Waals surface area (Å²) in [6, 6.07) is 6.10. The molecule has 0 N–H and O–H groups in total. The second-order valence-electron chi connectivity index (χ2n) is 11.7. The first-order valence-corrected chi connectivity index (χ1v) is 15.7. The van der Waals surface area contributed by atoms with E-state index in [0.29, 0.717) is 25.9 Å². The molecule has 0 saturated carbocycles. The Balaban J connectivity index is 1.45. The van der Waals surface area contributed by atoms with Crippen molar-refractivity contribution < 1.29 is 19.1 Å². The van der Waals surface area contributed by atoms with Crippen molar-refractivity contribution in [3.8, 4) is 11.5 Å². The molecule has 0 spiro atoms. The minimum absolute atomic E-state index is 0.103. The van der Waals surface area contributed by atoms with E-state index < -0.39 is 0 Å². The van der Waals surface area contributed by atoms with E-state index in [1.165, 1.54) is 28.0 Å². The number of allylic oxidation sites excluding steroid dienone is 2. The van der Waals surface area contributed by atoms with Gasteiger partial charge in [-0.05, 0) is 76.0 Å². The lowest BCUT2D eigenvalue weighted by molar-refractivity contribution is -0.132. The summed E-state index contributed by atoms with van der Waals surface area (Å²) in [6.45, 7) is 7.52. The smallest absolute Gasteiger partial charge is 0.222 e. The lowest BCUT2D eigenvalue weighted by atomic mass is 9.79. The first-order chi connectivity index (χ1) is 19.7. The summed E-state index contributed by atoms with van der Waals surface area (Å²) >= 11 is 1.54. The van der Waals surface area contributed by atoms with Crippen molar-refractivity contribution in [1.82, 2.24) is 14.7 Å². The Labute approximate surface area is 247 Å². The molecular weight excluding hydrogens is 534 g/mol. The fraction of sp³-hybridized carbons (Fsp3) is 0.545. The van der Waals surface area contributed by atoms with Gasteiger partial charge in [-0.25, -0.2) is 0 Å². The van der Waals surface area contributed by atoms with Gasteiger partial charge in [0.15, 0.2) is 5.78 Å². The normalized spacial score (nSPS) is 22.2. The molecule has 1 aliphatic heterocycles. The summed E-state index contributed by atoms with van der Waals surface area (Å²) in [4.78, 5) is 31.3. The number of methoxy groups -OCH3 is 2. The molecule has 8 heteroatoms. The van der Waals surface area contributed by atoms with E-state index in [-0.39, 0.29) is 29.4 Å². The van der Waals surface area contributed by atoms with E-state index in [2.05, 4.69) is 24.2 Å². The first-order valence-electron chi connectivity index (χ1n) is 14.9. The fourth-order valence-corrected chi connectivity index (χ4v) is 8.02. The standard InChI is InChI=1S/C33H43N3O4S/c1-7-36-12-11-24(32(38)29-19-27-21(3)34-35(4)33(27)41-29)10-8-9-22-13-20(2)31-25(15-23(14-22)16-30(36)37)17-26(39-5)18-28(31)40-6/h13,17-20,23-24H,7-12,14-16H2,1-6H3. The second-order valence-corrected chi connectivity index (χ2v) is 12.8. The third kappa shape index (κ3) is 6.08. The molecule has 3 atom stereocenters. The van der Waals surface area contributed by atoms with Gasteiger partial charge in [-0.3, -0.25) is 14.3 Å². The van der Waals surface area contributed by atoms with Crippen LogP contribution in [0.25, 0.3) is 10.2 Å². The average molecular weight is 578 g/mol. The van der Waals surface area contributed by atoms with Crippen molar-refractivity contribution in [3.63, 3.8) is 0 Å². The molecule has 1 aromatic carbocycles. The molecule has 1 saturated heterocycles. The van der Waals surface area contributed by atoms with Crippen molar-refractivity contribution in [2.45, 2.75) is 71.6 Å². The molecule has 1 aliphatic carbocycles. The number of aryl methyl sites for hydroxylation is 2. The molecule has 3 aromatic rings. The number of ketones is 1.